The molecule has 0 aromatic heterocycles. The first kappa shape index (κ1) is 24.9. The van der Waals surface area contributed by atoms with Crippen molar-refractivity contribution in [2.45, 2.75) is 65.2 Å². The first-order valence-corrected chi connectivity index (χ1v) is 12.7. The highest BCUT2D eigenvalue weighted by Gasteiger charge is 2.19. The van der Waals surface area contributed by atoms with Crippen molar-refractivity contribution in [1.29, 1.82) is 0 Å². The summed E-state index contributed by atoms with van der Waals surface area (Å²) in [6, 6.07) is 15.0. The molecule has 0 spiro atoms. The van der Waals surface area contributed by atoms with Crippen molar-refractivity contribution < 1.29 is 4.74 Å². The monoisotopic (exact) mass is 456 g/mol. The molecule has 176 valence electrons. The summed E-state index contributed by atoms with van der Waals surface area (Å²) in [6.07, 6.45) is 6.05. The number of ether oxygens (including phenoxy) is 1. The van der Waals surface area contributed by atoms with E-state index in [2.05, 4.69) is 80.0 Å². The summed E-state index contributed by atoms with van der Waals surface area (Å²) in [5, 5.41) is 0.876. The van der Waals surface area contributed by atoms with Gasteiger partial charge in [-0.1, -0.05) is 63.4 Å². The number of piperazine rings is 1. The van der Waals surface area contributed by atoms with Crippen molar-refractivity contribution in [3.05, 3.63) is 58.6 Å². The van der Waals surface area contributed by atoms with Gasteiger partial charge in [0.25, 0.3) is 0 Å². The molecule has 1 aliphatic rings. The molecule has 1 fully saturated rings. The van der Waals surface area contributed by atoms with Gasteiger partial charge in [-0.25, -0.2) is 0 Å². The average molecular weight is 457 g/mol. The number of aryl methyl sites for hydroxylation is 1. The number of hydrogen-bond acceptors (Lipinski definition) is 3. The molecule has 1 aliphatic heterocycles. The lowest BCUT2D eigenvalue weighted by Gasteiger charge is -2.36. The molecule has 1 saturated heterocycles. The van der Waals surface area contributed by atoms with E-state index in [1.165, 1.54) is 42.6 Å². The minimum Gasteiger partial charge on any atom is -0.494 e. The van der Waals surface area contributed by atoms with Gasteiger partial charge < -0.3 is 9.64 Å². The zero-order valence-corrected chi connectivity index (χ0v) is 21.3. The van der Waals surface area contributed by atoms with Crippen LogP contribution in [0.2, 0.25) is 5.02 Å². The fraction of sp³-hybridized carbons (Fsp3) is 0.571. The van der Waals surface area contributed by atoms with Gasteiger partial charge in [-0.2, -0.15) is 0 Å². The van der Waals surface area contributed by atoms with Crippen LogP contribution in [0.4, 0.5) is 5.69 Å². The van der Waals surface area contributed by atoms with Crippen molar-refractivity contribution in [1.82, 2.24) is 4.90 Å². The topological polar surface area (TPSA) is 15.7 Å². The van der Waals surface area contributed by atoms with Crippen molar-refractivity contribution >= 4 is 17.3 Å². The van der Waals surface area contributed by atoms with Crippen LogP contribution in [0.15, 0.2) is 42.5 Å². The van der Waals surface area contributed by atoms with Crippen LogP contribution in [0.25, 0.3) is 0 Å². The number of rotatable bonds is 11. The van der Waals surface area contributed by atoms with E-state index in [0.29, 0.717) is 0 Å². The molecule has 0 saturated carbocycles. The minimum absolute atomic E-state index is 0.235. The van der Waals surface area contributed by atoms with Crippen LogP contribution in [-0.4, -0.2) is 44.2 Å². The quantitative estimate of drug-likeness (QED) is 0.335. The third-order valence-corrected chi connectivity index (χ3v) is 7.28. The molecule has 2 aromatic carbocycles. The first-order chi connectivity index (χ1) is 15.4. The van der Waals surface area contributed by atoms with Crippen molar-refractivity contribution in [3.63, 3.8) is 0 Å². The number of benzene rings is 2. The predicted molar refractivity (Wildman–Crippen MR) is 139 cm³/mol. The van der Waals surface area contributed by atoms with Gasteiger partial charge in [-0.15, -0.1) is 0 Å². The number of hydrogen-bond donors (Lipinski definition) is 0. The van der Waals surface area contributed by atoms with Crippen molar-refractivity contribution in [2.75, 3.05) is 44.2 Å². The molecule has 32 heavy (non-hydrogen) atoms. The van der Waals surface area contributed by atoms with E-state index in [1.54, 1.807) is 0 Å². The smallest absolute Gasteiger partial charge is 0.119 e. The zero-order chi connectivity index (χ0) is 23.0. The van der Waals surface area contributed by atoms with Gasteiger partial charge in [-0.05, 0) is 73.5 Å². The Labute approximate surface area is 200 Å². The van der Waals surface area contributed by atoms with Crippen molar-refractivity contribution in [3.8, 4) is 5.75 Å². The summed E-state index contributed by atoms with van der Waals surface area (Å²) in [4.78, 5) is 5.01. The fourth-order valence-electron chi connectivity index (χ4n) is 4.27. The Hall–Kier alpha value is -1.71. The zero-order valence-electron chi connectivity index (χ0n) is 20.5. The van der Waals surface area contributed by atoms with E-state index < -0.39 is 0 Å². The minimum atomic E-state index is 0.235. The Morgan fingerprint density at radius 3 is 2.25 bits per heavy atom. The highest BCUT2D eigenvalue weighted by atomic mass is 35.5. The number of anilines is 1. The second-order valence-electron chi connectivity index (χ2n) is 9.81. The van der Waals surface area contributed by atoms with Gasteiger partial charge >= 0.3 is 0 Å². The molecular formula is C28H41ClN2O. The summed E-state index contributed by atoms with van der Waals surface area (Å²) in [5.74, 6) is 0.993. The molecule has 0 unspecified atom stereocenters. The Morgan fingerprint density at radius 1 is 0.906 bits per heavy atom. The summed E-state index contributed by atoms with van der Waals surface area (Å²) in [7, 11) is 0. The van der Waals surface area contributed by atoms with E-state index in [1.807, 2.05) is 0 Å². The number of halogens is 1. The second kappa shape index (κ2) is 12.0. The molecule has 2 aromatic rings. The van der Waals surface area contributed by atoms with Crippen LogP contribution in [0.3, 0.4) is 0 Å². The Kier molecular flexibility index (Phi) is 9.31. The molecule has 1 heterocycles. The summed E-state index contributed by atoms with van der Waals surface area (Å²) >= 11 is 6.45. The summed E-state index contributed by atoms with van der Waals surface area (Å²) in [6.45, 7) is 15.3. The lowest BCUT2D eigenvalue weighted by molar-refractivity contribution is 0.249. The Bertz CT molecular complexity index is 826. The molecular weight excluding hydrogens is 416 g/mol. The fourth-order valence-corrected chi connectivity index (χ4v) is 4.62. The maximum atomic E-state index is 6.45. The van der Waals surface area contributed by atoms with E-state index in [0.717, 1.165) is 56.4 Å². The lowest BCUT2D eigenvalue weighted by Crippen LogP contribution is -2.46. The van der Waals surface area contributed by atoms with Gasteiger partial charge in [-0.3, -0.25) is 4.90 Å². The van der Waals surface area contributed by atoms with E-state index in [4.69, 9.17) is 16.3 Å². The third-order valence-electron chi connectivity index (χ3n) is 6.97. The molecule has 0 bridgehead atoms. The highest BCUT2D eigenvalue weighted by Crippen LogP contribution is 2.29. The summed E-state index contributed by atoms with van der Waals surface area (Å²) in [5.41, 5.74) is 4.02. The maximum Gasteiger partial charge on any atom is 0.119 e. The maximum absolute atomic E-state index is 6.45. The predicted octanol–water partition coefficient (Wildman–Crippen LogP) is 7.10. The van der Waals surface area contributed by atoms with Gasteiger partial charge in [0, 0.05) is 26.2 Å². The largest absolute Gasteiger partial charge is 0.494 e. The number of nitrogens with zero attached hydrogens (tertiary/aromatic N) is 2. The van der Waals surface area contributed by atoms with Crippen LogP contribution < -0.4 is 9.64 Å². The highest BCUT2D eigenvalue weighted by molar-refractivity contribution is 6.33. The van der Waals surface area contributed by atoms with Crippen LogP contribution >= 0.6 is 11.6 Å². The molecule has 3 nitrogen and oxygen atoms in total. The standard InChI is InChI=1S/C28H41ClN2O/c1-5-28(3,4)24-11-13-25(14-12-24)32-21-9-7-6-8-16-30-17-19-31(20-18-30)27-15-10-23(2)22-26(27)29/h10-15,22H,5-9,16-21H2,1-4H3. The SMILES string of the molecule is CCC(C)(C)c1ccc(OCCCCCCN2CCN(c3ccc(C)cc3Cl)CC2)cc1. The van der Waals surface area contributed by atoms with Crippen LogP contribution in [0.1, 0.15) is 64.0 Å². The first-order valence-electron chi connectivity index (χ1n) is 12.4. The normalized spacial score (nSPS) is 15.2. The number of unbranched alkanes of at least 4 members (excludes halogenated alkanes) is 3. The third kappa shape index (κ3) is 7.15. The molecule has 0 N–H and O–H groups in total. The molecule has 3 rings (SSSR count). The van der Waals surface area contributed by atoms with Gasteiger partial charge in [0.2, 0.25) is 0 Å². The molecule has 0 aliphatic carbocycles. The van der Waals surface area contributed by atoms with E-state index in [-0.39, 0.29) is 5.41 Å². The lowest BCUT2D eigenvalue weighted by atomic mass is 9.82. The molecule has 4 heteroatoms. The van der Waals surface area contributed by atoms with Gasteiger partial charge in [0.1, 0.15) is 5.75 Å². The van der Waals surface area contributed by atoms with E-state index >= 15 is 0 Å². The second-order valence-corrected chi connectivity index (χ2v) is 10.2. The molecule has 0 amide bonds. The average Bonchev–Trinajstić information content (AvgIpc) is 2.79. The van der Waals surface area contributed by atoms with Gasteiger partial charge in [0.15, 0.2) is 0 Å². The summed E-state index contributed by atoms with van der Waals surface area (Å²) < 4.78 is 5.95. The molecule has 0 atom stereocenters. The van der Waals surface area contributed by atoms with E-state index in [9.17, 15) is 0 Å². The van der Waals surface area contributed by atoms with Crippen LogP contribution in [0.5, 0.6) is 5.75 Å². The van der Waals surface area contributed by atoms with Gasteiger partial charge in [0.05, 0.1) is 17.3 Å². The van der Waals surface area contributed by atoms with Crippen LogP contribution in [-0.2, 0) is 5.41 Å². The Balaban J connectivity index is 1.25. The Morgan fingerprint density at radius 2 is 1.59 bits per heavy atom. The van der Waals surface area contributed by atoms with Crippen molar-refractivity contribution in [2.24, 2.45) is 0 Å². The molecule has 0 radical (unpaired) electrons. The van der Waals surface area contributed by atoms with Crippen LogP contribution in [0, 0.1) is 6.92 Å².